The van der Waals surface area contributed by atoms with Crippen molar-refractivity contribution in [2.75, 3.05) is 9.80 Å². The molecule has 11 aromatic rings. The van der Waals surface area contributed by atoms with Crippen molar-refractivity contribution in [3.8, 4) is 22.3 Å². The molecular formula is C66H57BN2O2. The predicted octanol–water partition coefficient (Wildman–Crippen LogP) is 16.9. The number of hydrogen-bond donors (Lipinski definition) is 0. The van der Waals surface area contributed by atoms with Crippen LogP contribution < -0.4 is 26.2 Å². The molecule has 0 aliphatic carbocycles. The van der Waals surface area contributed by atoms with Gasteiger partial charge in [-0.2, -0.15) is 0 Å². The van der Waals surface area contributed by atoms with Gasteiger partial charge in [0.2, 0.25) is 0 Å². The molecule has 5 heteroatoms. The van der Waals surface area contributed by atoms with Gasteiger partial charge in [0.25, 0.3) is 6.71 Å². The fourth-order valence-electron chi connectivity index (χ4n) is 11.8. The molecule has 13 rings (SSSR count). The summed E-state index contributed by atoms with van der Waals surface area (Å²) in [7, 11) is 0. The lowest BCUT2D eigenvalue weighted by Crippen LogP contribution is -2.61. The Labute approximate surface area is 417 Å². The van der Waals surface area contributed by atoms with Crippen molar-refractivity contribution >= 4 is 101 Å². The zero-order valence-corrected chi connectivity index (χ0v) is 41.4. The normalized spacial score (nSPS) is 13.1. The van der Waals surface area contributed by atoms with Gasteiger partial charge < -0.3 is 18.6 Å². The SMILES string of the molecule is CCCCc1ccc2c(oc3ccccc32)c1N1c2ccc(-c3ccccc3)cc2B2c3cc(-c4ccccc4)ccc3N(c3c(CCCC)ccc4c3oc3ccccc34)c3cc(C(C)(C)C)cc1c32. The summed E-state index contributed by atoms with van der Waals surface area (Å²) in [6.07, 6.45) is 6.19. The van der Waals surface area contributed by atoms with Crippen LogP contribution in [0, 0.1) is 0 Å². The molecule has 4 heterocycles. The van der Waals surface area contributed by atoms with Crippen molar-refractivity contribution < 1.29 is 8.83 Å². The third-order valence-corrected chi connectivity index (χ3v) is 15.4. The zero-order chi connectivity index (χ0) is 48.0. The van der Waals surface area contributed by atoms with E-state index in [1.807, 2.05) is 0 Å². The van der Waals surface area contributed by atoms with Crippen LogP contribution in [0.3, 0.4) is 0 Å². The minimum absolute atomic E-state index is 0.109. The smallest absolute Gasteiger partial charge is 0.252 e. The molecule has 0 saturated carbocycles. The fraction of sp³-hybridized carbons (Fsp3) is 0.182. The highest BCUT2D eigenvalue weighted by atomic mass is 16.3. The number of hydrogen-bond acceptors (Lipinski definition) is 4. The van der Waals surface area contributed by atoms with E-state index in [2.05, 4.69) is 226 Å². The van der Waals surface area contributed by atoms with Gasteiger partial charge in [-0.05, 0) is 123 Å². The first-order valence-electron chi connectivity index (χ1n) is 25.8. The maximum Gasteiger partial charge on any atom is 0.252 e. The summed E-state index contributed by atoms with van der Waals surface area (Å²) in [5.41, 5.74) is 23.0. The lowest BCUT2D eigenvalue weighted by molar-refractivity contribution is 0.590. The largest absolute Gasteiger partial charge is 0.454 e. The third kappa shape index (κ3) is 6.95. The first-order valence-corrected chi connectivity index (χ1v) is 25.8. The fourth-order valence-corrected chi connectivity index (χ4v) is 11.8. The highest BCUT2D eigenvalue weighted by Gasteiger charge is 2.46. The van der Waals surface area contributed by atoms with Crippen molar-refractivity contribution in [2.45, 2.75) is 78.6 Å². The van der Waals surface area contributed by atoms with E-state index in [1.54, 1.807) is 0 Å². The lowest BCUT2D eigenvalue weighted by Gasteiger charge is -2.45. The van der Waals surface area contributed by atoms with E-state index >= 15 is 0 Å². The van der Waals surface area contributed by atoms with Gasteiger partial charge in [0.1, 0.15) is 11.2 Å². The van der Waals surface area contributed by atoms with Gasteiger partial charge >= 0.3 is 0 Å². The molecule has 4 nitrogen and oxygen atoms in total. The average Bonchev–Trinajstić information content (AvgIpc) is 3.98. The summed E-state index contributed by atoms with van der Waals surface area (Å²) in [5.74, 6) is 0. The van der Waals surface area contributed by atoms with Crippen molar-refractivity contribution in [3.63, 3.8) is 0 Å². The molecule has 0 atom stereocenters. The molecule has 0 radical (unpaired) electrons. The van der Waals surface area contributed by atoms with Gasteiger partial charge in [-0.25, -0.2) is 0 Å². The topological polar surface area (TPSA) is 32.8 Å². The second-order valence-electron chi connectivity index (χ2n) is 20.9. The number of fused-ring (bicyclic) bond motifs is 10. The van der Waals surface area contributed by atoms with Crippen LogP contribution in [0.5, 0.6) is 0 Å². The van der Waals surface area contributed by atoms with Crippen molar-refractivity contribution in [3.05, 3.63) is 199 Å². The summed E-state index contributed by atoms with van der Waals surface area (Å²) >= 11 is 0. The molecule has 2 aromatic heterocycles. The van der Waals surface area contributed by atoms with Crippen LogP contribution in [0.2, 0.25) is 0 Å². The van der Waals surface area contributed by atoms with Crippen molar-refractivity contribution in [1.82, 2.24) is 0 Å². The second kappa shape index (κ2) is 17.0. The van der Waals surface area contributed by atoms with Gasteiger partial charge in [-0.3, -0.25) is 0 Å². The lowest BCUT2D eigenvalue weighted by atomic mass is 9.33. The van der Waals surface area contributed by atoms with Gasteiger partial charge in [-0.1, -0.05) is 193 Å². The van der Waals surface area contributed by atoms with E-state index in [4.69, 9.17) is 8.83 Å². The van der Waals surface area contributed by atoms with Crippen molar-refractivity contribution in [1.29, 1.82) is 0 Å². The van der Waals surface area contributed by atoms with E-state index in [0.717, 1.165) is 93.8 Å². The number of anilines is 6. The first kappa shape index (κ1) is 43.3. The zero-order valence-electron chi connectivity index (χ0n) is 41.4. The minimum atomic E-state index is -0.194. The molecule has 71 heavy (non-hydrogen) atoms. The average molecular weight is 921 g/mol. The van der Waals surface area contributed by atoms with Crippen LogP contribution >= 0.6 is 0 Å². The highest BCUT2D eigenvalue weighted by Crippen LogP contribution is 2.52. The number of unbranched alkanes of at least 4 members (excludes halogenated alkanes) is 2. The molecular weight excluding hydrogens is 864 g/mol. The molecule has 0 bridgehead atoms. The quantitative estimate of drug-likeness (QED) is 0.128. The van der Waals surface area contributed by atoms with Crippen LogP contribution in [0.25, 0.3) is 66.1 Å². The van der Waals surface area contributed by atoms with E-state index in [1.165, 1.54) is 78.1 Å². The van der Waals surface area contributed by atoms with Crippen LogP contribution in [-0.2, 0) is 18.3 Å². The van der Waals surface area contributed by atoms with Crippen LogP contribution in [0.15, 0.2) is 191 Å². The Hall–Kier alpha value is -7.76. The number of rotatable bonds is 10. The summed E-state index contributed by atoms with van der Waals surface area (Å²) in [6.45, 7) is 11.6. The Kier molecular flexibility index (Phi) is 10.4. The Morgan fingerprint density at radius 1 is 0.423 bits per heavy atom. The molecule has 2 aliphatic rings. The molecule has 0 fully saturated rings. The standard InChI is InChI=1S/C66H57BN2O2/c1-6-8-20-44-30-34-51-49-26-16-18-28-59(49)70-64(51)62(44)68-55-36-32-46(42-22-12-10-13-23-42)38-53(55)67-54-39-47(43-24-14-11-15-25-43)33-37-56(54)69(58-41-48(66(3,4)5)40-57(68)61(58)67)63-45(21-9-7-2)31-35-52-50-27-17-19-29-60(50)71-65(52)63/h10-19,22-41H,6-9,20-21H2,1-5H3. The Bertz CT molecular complexity index is 3620. The Morgan fingerprint density at radius 3 is 1.30 bits per heavy atom. The third-order valence-electron chi connectivity index (χ3n) is 15.4. The number of para-hydroxylation sites is 2. The molecule has 0 saturated heterocycles. The molecule has 0 amide bonds. The number of nitrogens with zero attached hydrogens (tertiary/aromatic N) is 2. The van der Waals surface area contributed by atoms with Gasteiger partial charge in [-0.15, -0.1) is 0 Å². The highest BCUT2D eigenvalue weighted by molar-refractivity contribution is 7.00. The van der Waals surface area contributed by atoms with E-state index < -0.39 is 0 Å². The molecule has 9 aromatic carbocycles. The predicted molar refractivity (Wildman–Crippen MR) is 302 cm³/mol. The van der Waals surface area contributed by atoms with Crippen molar-refractivity contribution in [2.24, 2.45) is 0 Å². The van der Waals surface area contributed by atoms with Crippen LogP contribution in [0.1, 0.15) is 77.0 Å². The van der Waals surface area contributed by atoms with E-state index in [-0.39, 0.29) is 12.1 Å². The van der Waals surface area contributed by atoms with Gasteiger partial charge in [0.15, 0.2) is 11.2 Å². The molecule has 0 unspecified atom stereocenters. The molecule has 0 spiro atoms. The maximum absolute atomic E-state index is 7.15. The van der Waals surface area contributed by atoms with E-state index in [0.29, 0.717) is 0 Å². The first-order chi connectivity index (χ1) is 34.8. The molecule has 346 valence electrons. The minimum Gasteiger partial charge on any atom is -0.454 e. The summed E-state index contributed by atoms with van der Waals surface area (Å²) in [5, 5.41) is 4.55. The van der Waals surface area contributed by atoms with Crippen LogP contribution in [0.4, 0.5) is 34.1 Å². The summed E-state index contributed by atoms with van der Waals surface area (Å²) in [4.78, 5) is 5.24. The Morgan fingerprint density at radius 2 is 0.859 bits per heavy atom. The molecule has 2 aliphatic heterocycles. The number of aryl methyl sites for hydroxylation is 2. The Balaban J connectivity index is 1.20. The monoisotopic (exact) mass is 920 g/mol. The second-order valence-corrected chi connectivity index (χ2v) is 20.9. The summed E-state index contributed by atoms with van der Waals surface area (Å²) in [6, 6.07) is 67.8. The number of benzene rings is 9. The maximum atomic E-state index is 7.15. The summed E-state index contributed by atoms with van der Waals surface area (Å²) < 4.78 is 14.3. The van der Waals surface area contributed by atoms with Crippen LogP contribution in [-0.4, -0.2) is 6.71 Å². The number of furan rings is 2. The van der Waals surface area contributed by atoms with Gasteiger partial charge in [0, 0.05) is 44.3 Å². The van der Waals surface area contributed by atoms with Gasteiger partial charge in [0.05, 0.1) is 11.4 Å². The molecule has 0 N–H and O–H groups in total. The van der Waals surface area contributed by atoms with E-state index in [9.17, 15) is 0 Å².